The van der Waals surface area contributed by atoms with Crippen LogP contribution in [0, 0.1) is 11.3 Å². The second-order valence-corrected chi connectivity index (χ2v) is 7.45. The molecule has 0 aliphatic carbocycles. The van der Waals surface area contributed by atoms with Crippen LogP contribution in [0.1, 0.15) is 17.2 Å². The molecule has 1 aliphatic heterocycles. The summed E-state index contributed by atoms with van der Waals surface area (Å²) >= 11 is 0. The van der Waals surface area contributed by atoms with Gasteiger partial charge < -0.3 is 20.3 Å². The molecule has 0 bridgehead atoms. The van der Waals surface area contributed by atoms with Crippen LogP contribution in [0.25, 0.3) is 0 Å². The lowest BCUT2D eigenvalue weighted by molar-refractivity contribution is -0.136. The van der Waals surface area contributed by atoms with Gasteiger partial charge in [-0.15, -0.1) is 0 Å². The minimum absolute atomic E-state index is 0.0669. The quantitative estimate of drug-likeness (QED) is 0.688. The summed E-state index contributed by atoms with van der Waals surface area (Å²) < 4.78 is 5.25. The standard InChI is InChI=1S/C23H27N5O3/c1-27-11-13-28(14-12-27)21(17-7-9-19(31-2)10-8-17)16-25-22(29)23(30)26-20-6-4-3-5-18(20)15-24/h3-10,21H,11-14,16H2,1-2H3,(H,25,29)(H,26,30). The number of methoxy groups -OCH3 is 1. The molecule has 2 N–H and O–H groups in total. The SMILES string of the molecule is COc1ccc(C(CNC(=O)C(=O)Nc2ccccc2C#N)N2CCN(C)CC2)cc1. The number of ether oxygens (including phenoxy) is 1. The van der Waals surface area contributed by atoms with Crippen molar-refractivity contribution in [3.63, 3.8) is 0 Å². The molecule has 1 heterocycles. The fourth-order valence-corrected chi connectivity index (χ4v) is 3.56. The molecule has 2 amide bonds. The fraction of sp³-hybridized carbons (Fsp3) is 0.348. The third-order valence-corrected chi connectivity index (χ3v) is 5.44. The van der Waals surface area contributed by atoms with Crippen LogP contribution in [0.2, 0.25) is 0 Å². The normalized spacial score (nSPS) is 15.5. The molecule has 8 nitrogen and oxygen atoms in total. The average Bonchev–Trinajstić information content (AvgIpc) is 2.80. The number of carbonyl (C=O) groups excluding carboxylic acids is 2. The van der Waals surface area contributed by atoms with Crippen LogP contribution in [-0.4, -0.2) is 68.5 Å². The molecule has 2 aromatic rings. The van der Waals surface area contributed by atoms with Crippen LogP contribution in [0.4, 0.5) is 5.69 Å². The molecule has 1 saturated heterocycles. The monoisotopic (exact) mass is 421 g/mol. The van der Waals surface area contributed by atoms with E-state index in [4.69, 9.17) is 10.00 Å². The van der Waals surface area contributed by atoms with Crippen molar-refractivity contribution in [3.05, 3.63) is 59.7 Å². The Bertz CT molecular complexity index is 946. The number of nitrogens with zero attached hydrogens (tertiary/aromatic N) is 3. The van der Waals surface area contributed by atoms with Crippen molar-refractivity contribution in [2.45, 2.75) is 6.04 Å². The van der Waals surface area contributed by atoms with E-state index in [-0.39, 0.29) is 6.04 Å². The molecule has 162 valence electrons. The van der Waals surface area contributed by atoms with E-state index >= 15 is 0 Å². The Balaban J connectivity index is 1.68. The first-order valence-electron chi connectivity index (χ1n) is 10.2. The highest BCUT2D eigenvalue weighted by atomic mass is 16.5. The summed E-state index contributed by atoms with van der Waals surface area (Å²) in [6, 6.07) is 16.3. The Hall–Kier alpha value is -3.41. The van der Waals surface area contributed by atoms with Crippen molar-refractivity contribution in [2.75, 3.05) is 52.2 Å². The lowest BCUT2D eigenvalue weighted by atomic mass is 10.0. The van der Waals surface area contributed by atoms with Gasteiger partial charge in [-0.2, -0.15) is 5.26 Å². The number of rotatable bonds is 6. The van der Waals surface area contributed by atoms with Gasteiger partial charge in [0.05, 0.1) is 24.4 Å². The number of carbonyl (C=O) groups is 2. The Morgan fingerprint density at radius 1 is 1.06 bits per heavy atom. The van der Waals surface area contributed by atoms with E-state index < -0.39 is 11.8 Å². The maximum absolute atomic E-state index is 12.5. The summed E-state index contributed by atoms with van der Waals surface area (Å²) in [5.74, 6) is -0.768. The number of hydrogen-bond donors (Lipinski definition) is 2. The lowest BCUT2D eigenvalue weighted by Crippen LogP contribution is -2.49. The number of amides is 2. The molecular weight excluding hydrogens is 394 g/mol. The molecule has 0 radical (unpaired) electrons. The van der Waals surface area contributed by atoms with Gasteiger partial charge in [-0.1, -0.05) is 24.3 Å². The zero-order chi connectivity index (χ0) is 22.2. The molecule has 1 aliphatic rings. The molecule has 1 unspecified atom stereocenters. The van der Waals surface area contributed by atoms with E-state index in [0.717, 1.165) is 37.5 Å². The smallest absolute Gasteiger partial charge is 0.313 e. The van der Waals surface area contributed by atoms with Crippen molar-refractivity contribution in [3.8, 4) is 11.8 Å². The summed E-state index contributed by atoms with van der Waals surface area (Å²) in [7, 11) is 3.71. The van der Waals surface area contributed by atoms with Gasteiger partial charge in [0, 0.05) is 32.7 Å². The van der Waals surface area contributed by atoms with Crippen LogP contribution < -0.4 is 15.4 Å². The number of likely N-dealkylation sites (N-methyl/N-ethyl adjacent to an activating group) is 1. The van der Waals surface area contributed by atoms with E-state index in [0.29, 0.717) is 17.8 Å². The van der Waals surface area contributed by atoms with Gasteiger partial charge >= 0.3 is 11.8 Å². The maximum atomic E-state index is 12.5. The first-order chi connectivity index (χ1) is 15.0. The fourth-order valence-electron chi connectivity index (χ4n) is 3.56. The number of nitrogens with one attached hydrogen (secondary N) is 2. The van der Waals surface area contributed by atoms with Gasteiger partial charge in [0.1, 0.15) is 11.8 Å². The number of para-hydroxylation sites is 1. The highest BCUT2D eigenvalue weighted by Crippen LogP contribution is 2.24. The summed E-state index contributed by atoms with van der Waals surface area (Å²) in [4.78, 5) is 29.4. The van der Waals surface area contributed by atoms with E-state index in [2.05, 4.69) is 27.5 Å². The summed E-state index contributed by atoms with van der Waals surface area (Å²) in [6.07, 6.45) is 0. The Labute approximate surface area is 182 Å². The molecule has 2 aromatic carbocycles. The number of anilines is 1. The molecule has 31 heavy (non-hydrogen) atoms. The third kappa shape index (κ3) is 5.81. The van der Waals surface area contributed by atoms with E-state index in [1.54, 1.807) is 31.4 Å². The van der Waals surface area contributed by atoms with Crippen molar-refractivity contribution in [2.24, 2.45) is 0 Å². The number of piperazine rings is 1. The zero-order valence-corrected chi connectivity index (χ0v) is 17.8. The molecule has 0 spiro atoms. The van der Waals surface area contributed by atoms with E-state index in [1.807, 2.05) is 30.3 Å². The molecule has 1 atom stereocenters. The van der Waals surface area contributed by atoms with Gasteiger partial charge in [-0.05, 0) is 36.9 Å². The van der Waals surface area contributed by atoms with Gasteiger partial charge in [0.25, 0.3) is 0 Å². The molecule has 3 rings (SSSR count). The second-order valence-electron chi connectivity index (χ2n) is 7.45. The predicted octanol–water partition coefficient (Wildman–Crippen LogP) is 1.61. The van der Waals surface area contributed by atoms with Gasteiger partial charge in [0.15, 0.2) is 0 Å². The van der Waals surface area contributed by atoms with Gasteiger partial charge in [-0.25, -0.2) is 0 Å². The maximum Gasteiger partial charge on any atom is 0.313 e. The summed E-state index contributed by atoms with van der Waals surface area (Å²) in [6.45, 7) is 3.90. The number of nitriles is 1. The molecule has 0 saturated carbocycles. The van der Waals surface area contributed by atoms with Crippen molar-refractivity contribution in [1.29, 1.82) is 5.26 Å². The van der Waals surface area contributed by atoms with Crippen molar-refractivity contribution in [1.82, 2.24) is 15.1 Å². The zero-order valence-electron chi connectivity index (χ0n) is 17.8. The van der Waals surface area contributed by atoms with E-state index in [9.17, 15) is 9.59 Å². The molecule has 8 heteroatoms. The molecular formula is C23H27N5O3. The highest BCUT2D eigenvalue weighted by molar-refractivity contribution is 6.39. The van der Waals surface area contributed by atoms with Crippen LogP contribution in [0.3, 0.4) is 0 Å². The Morgan fingerprint density at radius 2 is 1.74 bits per heavy atom. The van der Waals surface area contributed by atoms with Crippen molar-refractivity contribution >= 4 is 17.5 Å². The van der Waals surface area contributed by atoms with Crippen LogP contribution in [-0.2, 0) is 9.59 Å². The Kier molecular flexibility index (Phi) is 7.60. The Morgan fingerprint density at radius 3 is 2.39 bits per heavy atom. The predicted molar refractivity (Wildman–Crippen MR) is 118 cm³/mol. The first kappa shape index (κ1) is 22.3. The van der Waals surface area contributed by atoms with Gasteiger partial charge in [-0.3, -0.25) is 14.5 Å². The second kappa shape index (κ2) is 10.6. The number of hydrogen-bond acceptors (Lipinski definition) is 6. The minimum atomic E-state index is -0.797. The largest absolute Gasteiger partial charge is 0.497 e. The average molecular weight is 422 g/mol. The summed E-state index contributed by atoms with van der Waals surface area (Å²) in [5.41, 5.74) is 1.66. The van der Waals surface area contributed by atoms with Crippen molar-refractivity contribution < 1.29 is 14.3 Å². The van der Waals surface area contributed by atoms with Crippen LogP contribution in [0.15, 0.2) is 48.5 Å². The van der Waals surface area contributed by atoms with Gasteiger partial charge in [0.2, 0.25) is 0 Å². The van der Waals surface area contributed by atoms with E-state index in [1.165, 1.54) is 0 Å². The summed E-state index contributed by atoms with van der Waals surface area (Å²) in [5, 5.41) is 14.4. The molecule has 0 aromatic heterocycles. The first-order valence-corrected chi connectivity index (χ1v) is 10.2. The van der Waals surface area contributed by atoms with Crippen LogP contribution in [0.5, 0.6) is 5.75 Å². The minimum Gasteiger partial charge on any atom is -0.497 e. The number of benzene rings is 2. The van der Waals surface area contributed by atoms with Crippen LogP contribution >= 0.6 is 0 Å². The molecule has 1 fully saturated rings. The third-order valence-electron chi connectivity index (χ3n) is 5.44. The lowest BCUT2D eigenvalue weighted by Gasteiger charge is -2.38. The topological polar surface area (TPSA) is 97.7 Å². The highest BCUT2D eigenvalue weighted by Gasteiger charge is 2.25.